The van der Waals surface area contributed by atoms with Crippen LogP contribution in [0, 0.1) is 5.92 Å². The van der Waals surface area contributed by atoms with Crippen LogP contribution >= 0.6 is 0 Å². The second kappa shape index (κ2) is 8.91. The average Bonchev–Trinajstić information content (AvgIpc) is 2.28. The van der Waals surface area contributed by atoms with Crippen molar-refractivity contribution in [3.05, 3.63) is 0 Å². The van der Waals surface area contributed by atoms with Crippen molar-refractivity contribution in [2.75, 3.05) is 13.1 Å². The van der Waals surface area contributed by atoms with Crippen LogP contribution < -0.4 is 0 Å². The molecule has 2 atom stereocenters. The van der Waals surface area contributed by atoms with E-state index in [-0.39, 0.29) is 0 Å². The molecule has 0 radical (unpaired) electrons. The van der Waals surface area contributed by atoms with Crippen molar-refractivity contribution in [1.29, 1.82) is 0 Å². The normalized spacial score (nSPS) is 14.4. The molecule has 0 aromatic heterocycles. The van der Waals surface area contributed by atoms with Crippen molar-refractivity contribution in [2.45, 2.75) is 52.5 Å². The van der Waals surface area contributed by atoms with Gasteiger partial charge < -0.3 is 10.2 Å². The van der Waals surface area contributed by atoms with E-state index >= 15 is 0 Å². The first kappa shape index (κ1) is 16.9. The monoisotopic (exact) mass is 259 g/mol. The Kier molecular flexibility index (Phi) is 8.37. The fourth-order valence-corrected chi connectivity index (χ4v) is 1.95. The highest BCUT2D eigenvalue weighted by molar-refractivity contribution is 5.74. The topological polar surface area (TPSA) is 77.8 Å². The van der Waals surface area contributed by atoms with Crippen LogP contribution in [0.3, 0.4) is 0 Å². The Balaban J connectivity index is 4.68. The van der Waals surface area contributed by atoms with Gasteiger partial charge in [-0.1, -0.05) is 33.6 Å². The van der Waals surface area contributed by atoms with E-state index in [1.54, 1.807) is 11.8 Å². The van der Waals surface area contributed by atoms with E-state index in [1.165, 1.54) is 0 Å². The van der Waals surface area contributed by atoms with Gasteiger partial charge in [-0.25, -0.2) is 0 Å². The highest BCUT2D eigenvalue weighted by atomic mass is 16.4. The van der Waals surface area contributed by atoms with Crippen LogP contribution in [0.2, 0.25) is 0 Å². The van der Waals surface area contributed by atoms with Crippen LogP contribution in [0.4, 0.5) is 0 Å². The van der Waals surface area contributed by atoms with E-state index in [9.17, 15) is 14.7 Å². The fourth-order valence-electron chi connectivity index (χ4n) is 1.95. The van der Waals surface area contributed by atoms with E-state index in [4.69, 9.17) is 5.11 Å². The lowest BCUT2D eigenvalue weighted by Crippen LogP contribution is -2.44. The molecule has 0 amide bonds. The number of carboxylic acid groups (broad SMARTS) is 2. The summed E-state index contributed by atoms with van der Waals surface area (Å²) in [6.45, 7) is 6.52. The molecule has 0 bridgehead atoms. The maximum atomic E-state index is 11.3. The summed E-state index contributed by atoms with van der Waals surface area (Å²) in [7, 11) is 0. The average molecular weight is 259 g/mol. The highest BCUT2D eigenvalue weighted by Crippen LogP contribution is 2.13. The predicted molar refractivity (Wildman–Crippen MR) is 69.6 cm³/mol. The molecule has 18 heavy (non-hydrogen) atoms. The minimum atomic E-state index is -0.879. The maximum Gasteiger partial charge on any atom is 0.320 e. The summed E-state index contributed by atoms with van der Waals surface area (Å²) < 4.78 is 0. The minimum absolute atomic E-state index is 0.295. The van der Waals surface area contributed by atoms with Gasteiger partial charge in [-0.2, -0.15) is 0 Å². The number of carbonyl (C=O) groups is 2. The van der Waals surface area contributed by atoms with Gasteiger partial charge in [0.05, 0.1) is 5.92 Å². The molecule has 0 rings (SSSR count). The summed E-state index contributed by atoms with van der Waals surface area (Å²) in [5, 5.41) is 18.2. The summed E-state index contributed by atoms with van der Waals surface area (Å²) in [5.41, 5.74) is 0. The molecule has 2 N–H and O–H groups in total. The SMILES string of the molecule is CCCCC(C(=O)O)N(CCC)CC(C)C(=O)O. The third kappa shape index (κ3) is 6.00. The molecular formula is C13H25NO4. The predicted octanol–water partition coefficient (Wildman–Crippen LogP) is 2.06. The van der Waals surface area contributed by atoms with Crippen LogP contribution in [0.1, 0.15) is 46.5 Å². The zero-order valence-corrected chi connectivity index (χ0v) is 11.6. The number of carboxylic acids is 2. The van der Waals surface area contributed by atoms with E-state index in [1.807, 2.05) is 13.8 Å². The Morgan fingerprint density at radius 2 is 1.72 bits per heavy atom. The van der Waals surface area contributed by atoms with Crippen LogP contribution in [-0.4, -0.2) is 46.2 Å². The van der Waals surface area contributed by atoms with Gasteiger partial charge >= 0.3 is 11.9 Å². The molecule has 0 saturated carbocycles. The molecule has 0 aromatic rings. The first-order chi connectivity index (χ1) is 8.43. The molecule has 5 nitrogen and oxygen atoms in total. The molecule has 0 aliphatic heterocycles. The van der Waals surface area contributed by atoms with Gasteiger partial charge in [-0.05, 0) is 19.4 Å². The van der Waals surface area contributed by atoms with Crippen molar-refractivity contribution in [2.24, 2.45) is 5.92 Å². The quantitative estimate of drug-likeness (QED) is 0.628. The van der Waals surface area contributed by atoms with Crippen LogP contribution in [0.15, 0.2) is 0 Å². The van der Waals surface area contributed by atoms with E-state index < -0.39 is 23.9 Å². The fraction of sp³-hybridized carbons (Fsp3) is 0.846. The van der Waals surface area contributed by atoms with Crippen LogP contribution in [0.25, 0.3) is 0 Å². The number of rotatable bonds is 10. The third-order valence-electron chi connectivity index (χ3n) is 3.00. The molecule has 0 fully saturated rings. The van der Waals surface area contributed by atoms with E-state index in [2.05, 4.69) is 0 Å². The lowest BCUT2D eigenvalue weighted by atomic mass is 10.1. The second-order valence-corrected chi connectivity index (χ2v) is 4.73. The van der Waals surface area contributed by atoms with Crippen molar-refractivity contribution in [3.8, 4) is 0 Å². The largest absolute Gasteiger partial charge is 0.481 e. The zero-order chi connectivity index (χ0) is 14.1. The molecule has 0 heterocycles. The molecule has 0 saturated heterocycles. The number of hydrogen-bond acceptors (Lipinski definition) is 3. The molecule has 0 spiro atoms. The molecule has 0 aliphatic carbocycles. The molecular weight excluding hydrogens is 234 g/mol. The molecule has 0 aliphatic rings. The summed E-state index contributed by atoms with van der Waals surface area (Å²) in [4.78, 5) is 23.9. The van der Waals surface area contributed by atoms with Gasteiger partial charge in [0, 0.05) is 6.54 Å². The van der Waals surface area contributed by atoms with Crippen molar-refractivity contribution < 1.29 is 19.8 Å². The number of aliphatic carboxylic acids is 2. The third-order valence-corrected chi connectivity index (χ3v) is 3.00. The second-order valence-electron chi connectivity index (χ2n) is 4.73. The zero-order valence-electron chi connectivity index (χ0n) is 11.6. The van der Waals surface area contributed by atoms with Gasteiger partial charge in [-0.15, -0.1) is 0 Å². The molecule has 0 aromatic carbocycles. The summed E-state index contributed by atoms with van der Waals surface area (Å²) in [6, 6.07) is -0.563. The number of hydrogen-bond donors (Lipinski definition) is 2. The first-order valence-electron chi connectivity index (χ1n) is 6.63. The van der Waals surface area contributed by atoms with Gasteiger partial charge in [0.2, 0.25) is 0 Å². The lowest BCUT2D eigenvalue weighted by Gasteiger charge is -2.29. The van der Waals surface area contributed by atoms with Crippen LogP contribution in [-0.2, 0) is 9.59 Å². The van der Waals surface area contributed by atoms with Gasteiger partial charge in [0.15, 0.2) is 0 Å². The Morgan fingerprint density at radius 1 is 1.11 bits per heavy atom. The van der Waals surface area contributed by atoms with E-state index in [0.717, 1.165) is 19.3 Å². The Hall–Kier alpha value is -1.10. The van der Waals surface area contributed by atoms with Crippen LogP contribution in [0.5, 0.6) is 0 Å². The van der Waals surface area contributed by atoms with Crippen molar-refractivity contribution in [1.82, 2.24) is 4.90 Å². The first-order valence-corrected chi connectivity index (χ1v) is 6.63. The summed E-state index contributed by atoms with van der Waals surface area (Å²) >= 11 is 0. The minimum Gasteiger partial charge on any atom is -0.481 e. The standard InChI is InChI=1S/C13H25NO4/c1-4-6-7-11(13(17)18)14(8-5-2)9-10(3)12(15)16/h10-11H,4-9H2,1-3H3,(H,15,16)(H,17,18). The lowest BCUT2D eigenvalue weighted by molar-refractivity contribution is -0.147. The Bertz CT molecular complexity index is 268. The van der Waals surface area contributed by atoms with Crippen molar-refractivity contribution >= 4 is 11.9 Å². The smallest absolute Gasteiger partial charge is 0.320 e. The summed E-state index contributed by atoms with van der Waals surface area (Å²) in [6.07, 6.45) is 3.19. The summed E-state index contributed by atoms with van der Waals surface area (Å²) in [5.74, 6) is -2.27. The molecule has 106 valence electrons. The highest BCUT2D eigenvalue weighted by Gasteiger charge is 2.27. The number of nitrogens with zero attached hydrogens (tertiary/aromatic N) is 1. The van der Waals surface area contributed by atoms with Gasteiger partial charge in [-0.3, -0.25) is 14.5 Å². The van der Waals surface area contributed by atoms with Gasteiger partial charge in [0.1, 0.15) is 6.04 Å². The van der Waals surface area contributed by atoms with E-state index in [0.29, 0.717) is 19.5 Å². The van der Waals surface area contributed by atoms with Gasteiger partial charge in [0.25, 0.3) is 0 Å². The Labute approximate surface area is 109 Å². The molecule has 2 unspecified atom stereocenters. The number of unbranched alkanes of at least 4 members (excludes halogenated alkanes) is 1. The Morgan fingerprint density at radius 3 is 2.11 bits per heavy atom. The molecule has 5 heteroatoms. The maximum absolute atomic E-state index is 11.3. The van der Waals surface area contributed by atoms with Crippen molar-refractivity contribution in [3.63, 3.8) is 0 Å².